The lowest BCUT2D eigenvalue weighted by Gasteiger charge is -1.98. The van der Waals surface area contributed by atoms with Crippen molar-refractivity contribution in [3.63, 3.8) is 0 Å². The monoisotopic (exact) mass is 214 g/mol. The van der Waals surface area contributed by atoms with Gasteiger partial charge in [0.25, 0.3) is 0 Å². The Labute approximate surface area is 92.7 Å². The normalized spacial score (nSPS) is 10.1. The second-order valence-electron chi connectivity index (χ2n) is 3.45. The summed E-state index contributed by atoms with van der Waals surface area (Å²) in [6, 6.07) is 10.4. The Kier molecular flexibility index (Phi) is 2.68. The highest BCUT2D eigenvalue weighted by Crippen LogP contribution is 2.21. The number of rotatable bonds is 3. The summed E-state index contributed by atoms with van der Waals surface area (Å²) in [5.41, 5.74) is 1.50. The van der Waals surface area contributed by atoms with Crippen molar-refractivity contribution in [1.82, 2.24) is 0 Å². The van der Waals surface area contributed by atoms with Crippen LogP contribution in [0.15, 0.2) is 40.8 Å². The van der Waals surface area contributed by atoms with Gasteiger partial charge in [-0.15, -0.1) is 0 Å². The van der Waals surface area contributed by atoms with Gasteiger partial charge in [0.1, 0.15) is 5.76 Å². The molecular formula is C13H10O3. The molecule has 0 fully saturated rings. The van der Waals surface area contributed by atoms with E-state index in [0.29, 0.717) is 23.4 Å². The molecule has 80 valence electrons. The Hall–Kier alpha value is -2.16. The number of benzene rings is 1. The van der Waals surface area contributed by atoms with E-state index in [4.69, 9.17) is 4.42 Å². The number of furan rings is 1. The highest BCUT2D eigenvalue weighted by molar-refractivity contribution is 5.94. The minimum absolute atomic E-state index is 0.0274. The smallest absolute Gasteiger partial charge is 0.185 e. The van der Waals surface area contributed by atoms with Crippen molar-refractivity contribution in [2.24, 2.45) is 0 Å². The van der Waals surface area contributed by atoms with Gasteiger partial charge in [0.05, 0.1) is 0 Å². The number of hydrogen-bond donors (Lipinski definition) is 0. The number of ketones is 1. The molecule has 0 spiro atoms. The molecule has 0 saturated carbocycles. The van der Waals surface area contributed by atoms with Gasteiger partial charge in [-0.25, -0.2) is 0 Å². The van der Waals surface area contributed by atoms with Crippen molar-refractivity contribution >= 4 is 12.1 Å². The third kappa shape index (κ3) is 1.93. The first-order chi connectivity index (χ1) is 7.70. The lowest BCUT2D eigenvalue weighted by atomic mass is 10.1. The van der Waals surface area contributed by atoms with E-state index in [2.05, 4.69) is 0 Å². The van der Waals surface area contributed by atoms with E-state index < -0.39 is 0 Å². The summed E-state index contributed by atoms with van der Waals surface area (Å²) < 4.78 is 5.27. The van der Waals surface area contributed by atoms with Crippen LogP contribution in [0.25, 0.3) is 11.3 Å². The summed E-state index contributed by atoms with van der Waals surface area (Å²) in [4.78, 5) is 21.5. The largest absolute Gasteiger partial charge is 0.453 e. The van der Waals surface area contributed by atoms with E-state index in [0.717, 1.165) is 5.56 Å². The van der Waals surface area contributed by atoms with Crippen LogP contribution < -0.4 is 0 Å². The topological polar surface area (TPSA) is 47.3 Å². The van der Waals surface area contributed by atoms with Gasteiger partial charge in [-0.05, 0) is 19.1 Å². The van der Waals surface area contributed by atoms with E-state index in [1.807, 2.05) is 0 Å². The van der Waals surface area contributed by atoms with Crippen LogP contribution in [0.3, 0.4) is 0 Å². The van der Waals surface area contributed by atoms with E-state index >= 15 is 0 Å². The molecule has 0 aliphatic rings. The Bertz CT molecular complexity index is 520. The van der Waals surface area contributed by atoms with Crippen molar-refractivity contribution < 1.29 is 14.0 Å². The third-order valence-corrected chi connectivity index (χ3v) is 2.32. The summed E-state index contributed by atoms with van der Waals surface area (Å²) in [6.45, 7) is 1.52. The van der Waals surface area contributed by atoms with Gasteiger partial charge in [0.15, 0.2) is 17.8 Å². The van der Waals surface area contributed by atoms with E-state index in [1.165, 1.54) is 6.92 Å². The maximum Gasteiger partial charge on any atom is 0.185 e. The molecule has 2 aromatic rings. The maximum absolute atomic E-state index is 11.1. The number of hydrogen-bond acceptors (Lipinski definition) is 3. The summed E-state index contributed by atoms with van der Waals surface area (Å²) >= 11 is 0. The number of aldehydes is 1. The van der Waals surface area contributed by atoms with Crippen molar-refractivity contribution in [2.75, 3.05) is 0 Å². The summed E-state index contributed by atoms with van der Waals surface area (Å²) in [7, 11) is 0. The van der Waals surface area contributed by atoms with Crippen LogP contribution >= 0.6 is 0 Å². The fraction of sp³-hybridized carbons (Fsp3) is 0.0769. The molecule has 3 nitrogen and oxygen atoms in total. The molecule has 0 saturated heterocycles. The maximum atomic E-state index is 11.1. The van der Waals surface area contributed by atoms with Crippen molar-refractivity contribution in [3.8, 4) is 11.3 Å². The molecular weight excluding hydrogens is 204 g/mol. The van der Waals surface area contributed by atoms with Gasteiger partial charge >= 0.3 is 0 Å². The second-order valence-corrected chi connectivity index (χ2v) is 3.45. The predicted octanol–water partition coefficient (Wildman–Crippen LogP) is 2.96. The summed E-state index contributed by atoms with van der Waals surface area (Å²) in [5, 5.41) is 0. The van der Waals surface area contributed by atoms with Crippen LogP contribution in [0.1, 0.15) is 27.8 Å². The van der Waals surface area contributed by atoms with Crippen molar-refractivity contribution in [1.29, 1.82) is 0 Å². The molecule has 0 aliphatic carbocycles. The second kappa shape index (κ2) is 4.14. The molecule has 3 heteroatoms. The van der Waals surface area contributed by atoms with Gasteiger partial charge in [0.2, 0.25) is 0 Å². The van der Waals surface area contributed by atoms with Crippen molar-refractivity contribution in [3.05, 3.63) is 47.7 Å². The molecule has 0 bridgehead atoms. The summed E-state index contributed by atoms with van der Waals surface area (Å²) in [5.74, 6) is 0.947. The lowest BCUT2D eigenvalue weighted by molar-refractivity contribution is 0.101. The highest BCUT2D eigenvalue weighted by atomic mass is 16.3. The number of Topliss-reactive ketones (excluding diaryl/α,β-unsaturated/α-hetero) is 1. The molecule has 1 aromatic carbocycles. The highest BCUT2D eigenvalue weighted by Gasteiger charge is 2.05. The number of carbonyl (C=O) groups is 2. The minimum Gasteiger partial charge on any atom is -0.453 e. The Morgan fingerprint density at radius 3 is 2.31 bits per heavy atom. The average Bonchev–Trinajstić information content (AvgIpc) is 2.77. The Morgan fingerprint density at radius 2 is 1.81 bits per heavy atom. The van der Waals surface area contributed by atoms with Crippen LogP contribution in [0.5, 0.6) is 0 Å². The first kappa shape index (κ1) is 10.4. The van der Waals surface area contributed by atoms with Crippen LogP contribution in [0.2, 0.25) is 0 Å². The molecule has 0 N–H and O–H groups in total. The molecule has 0 radical (unpaired) electrons. The quantitative estimate of drug-likeness (QED) is 0.583. The van der Waals surface area contributed by atoms with Crippen LogP contribution in [0.4, 0.5) is 0 Å². The van der Waals surface area contributed by atoms with Crippen LogP contribution in [0, 0.1) is 0 Å². The molecule has 16 heavy (non-hydrogen) atoms. The van der Waals surface area contributed by atoms with Gasteiger partial charge in [-0.1, -0.05) is 24.3 Å². The summed E-state index contributed by atoms with van der Waals surface area (Å²) in [6.07, 6.45) is 0.660. The third-order valence-electron chi connectivity index (χ3n) is 2.32. The van der Waals surface area contributed by atoms with Gasteiger partial charge < -0.3 is 4.42 Å². The first-order valence-corrected chi connectivity index (χ1v) is 4.87. The standard InChI is InChI=1S/C13H10O3/c1-9(15)10-2-4-11(5-3-10)13-7-6-12(8-14)16-13/h2-8H,1H3. The predicted molar refractivity (Wildman–Crippen MR) is 59.5 cm³/mol. The average molecular weight is 214 g/mol. The SMILES string of the molecule is CC(=O)c1ccc(-c2ccc(C=O)o2)cc1. The molecule has 0 atom stereocenters. The molecule has 0 aliphatic heterocycles. The first-order valence-electron chi connectivity index (χ1n) is 4.87. The van der Waals surface area contributed by atoms with E-state index in [-0.39, 0.29) is 5.78 Å². The van der Waals surface area contributed by atoms with Crippen LogP contribution in [-0.2, 0) is 0 Å². The molecule has 1 heterocycles. The number of carbonyl (C=O) groups excluding carboxylic acids is 2. The fourth-order valence-electron chi connectivity index (χ4n) is 1.44. The van der Waals surface area contributed by atoms with E-state index in [1.54, 1.807) is 36.4 Å². The molecule has 0 amide bonds. The molecule has 1 aromatic heterocycles. The minimum atomic E-state index is 0.0274. The zero-order valence-corrected chi connectivity index (χ0v) is 8.77. The van der Waals surface area contributed by atoms with Gasteiger partial charge in [-0.2, -0.15) is 0 Å². The molecule has 0 unspecified atom stereocenters. The zero-order chi connectivity index (χ0) is 11.5. The zero-order valence-electron chi connectivity index (χ0n) is 8.77. The fourth-order valence-corrected chi connectivity index (χ4v) is 1.44. The van der Waals surface area contributed by atoms with Crippen molar-refractivity contribution in [2.45, 2.75) is 6.92 Å². The van der Waals surface area contributed by atoms with E-state index in [9.17, 15) is 9.59 Å². The molecule has 2 rings (SSSR count). The lowest BCUT2D eigenvalue weighted by Crippen LogP contribution is -1.90. The Morgan fingerprint density at radius 1 is 1.12 bits per heavy atom. The van der Waals surface area contributed by atoms with Crippen LogP contribution in [-0.4, -0.2) is 12.1 Å². The van der Waals surface area contributed by atoms with Gasteiger partial charge in [0, 0.05) is 11.1 Å². The van der Waals surface area contributed by atoms with Gasteiger partial charge in [-0.3, -0.25) is 9.59 Å². The Balaban J connectivity index is 2.34.